The Morgan fingerprint density at radius 2 is 1.49 bits per heavy atom. The summed E-state index contributed by atoms with van der Waals surface area (Å²) in [6, 6.07) is 0.226. The standard InChI is InChI=1S/C24H44O.C9H19NO3.C7H12O4.2C2H6/c1-10-11-15(2)23-19(6)18(5)17(4)13-24(9)14-22(21(8)25-23)12-16(3)20(24)7;1-6-5-7(10(2)3)8(12-4)9(11)13-6;1-4-6-7(9-2,11-6)3-5(8)10-4;2*1-2/h15-20,22-23H,8,10-14H2,1-7,9H3;6-9,11H,5H2,1-4H3;4-6,8H,3H2,1-2H3;2*1-2H3/t15?,16?,17?,18?,19-,20?,22-,23?,24?;;;;/m0..../s1. The summed E-state index contributed by atoms with van der Waals surface area (Å²) in [5.41, 5.74) is 0.421. The average molecular weight is 758 g/mol. The summed E-state index contributed by atoms with van der Waals surface area (Å²) in [6.07, 6.45) is 6.22. The Labute approximate surface area is 327 Å². The fourth-order valence-corrected chi connectivity index (χ4v) is 9.53. The molecule has 17 atom stereocenters. The van der Waals surface area contributed by atoms with Gasteiger partial charge in [0.25, 0.3) is 0 Å². The molecular weight excluding hydrogens is 670 g/mol. The van der Waals surface area contributed by atoms with E-state index in [-0.39, 0.29) is 30.5 Å². The van der Waals surface area contributed by atoms with Gasteiger partial charge in [-0.3, -0.25) is 0 Å². The van der Waals surface area contributed by atoms with Crippen molar-refractivity contribution < 1.29 is 38.6 Å². The predicted molar refractivity (Wildman–Crippen MR) is 217 cm³/mol. The predicted octanol–water partition coefficient (Wildman–Crippen LogP) is 9.29. The fraction of sp³-hybridized carbons (Fsp3) is 0.955. The third-order valence-electron chi connectivity index (χ3n) is 13.2. The van der Waals surface area contributed by atoms with Gasteiger partial charge >= 0.3 is 0 Å². The second-order valence-corrected chi connectivity index (χ2v) is 17.1. The van der Waals surface area contributed by atoms with Crippen molar-refractivity contribution in [1.29, 1.82) is 0 Å². The quantitative estimate of drug-likeness (QED) is 0.257. The zero-order valence-electron chi connectivity index (χ0n) is 37.6. The first-order chi connectivity index (χ1) is 24.8. The van der Waals surface area contributed by atoms with Crippen molar-refractivity contribution in [3.63, 3.8) is 0 Å². The molecule has 5 rings (SSSR count). The number of allylic oxidation sites excluding steroid dienone is 1. The highest BCUT2D eigenvalue weighted by atomic mass is 16.8. The normalized spacial score (nSPS) is 44.0. The Bertz CT molecular complexity index is 1030. The number of aliphatic hydroxyl groups excluding tert-OH is 2. The van der Waals surface area contributed by atoms with Crippen molar-refractivity contribution in [2.24, 2.45) is 46.8 Å². The number of likely N-dealkylation sites (N-methyl/N-ethyl adjacent to an activating group) is 1. The number of nitrogens with zero attached hydrogens (tertiary/aromatic N) is 1. The van der Waals surface area contributed by atoms with Crippen molar-refractivity contribution in [2.45, 2.75) is 197 Å². The van der Waals surface area contributed by atoms with E-state index in [1.54, 1.807) is 14.2 Å². The van der Waals surface area contributed by atoms with Gasteiger partial charge in [0.2, 0.25) is 5.79 Å². The van der Waals surface area contributed by atoms with Crippen LogP contribution >= 0.6 is 0 Å². The SMILES string of the molecule is C=C1OC(C(C)CCC)[C@@H](C)C(C)C(C)CC2(C)C[C@@H]1CC(C)C2C.CC.CC.COC12CC(O)OC(C)C1O2.COC1C(O)OC(C)CC1N(C)C. The zero-order valence-corrected chi connectivity index (χ0v) is 37.6. The lowest BCUT2D eigenvalue weighted by Crippen LogP contribution is -2.54. The van der Waals surface area contributed by atoms with E-state index in [4.69, 9.17) is 28.4 Å². The molecule has 0 spiro atoms. The number of hydrogen-bond donors (Lipinski definition) is 2. The van der Waals surface area contributed by atoms with Gasteiger partial charge in [-0.15, -0.1) is 0 Å². The molecule has 53 heavy (non-hydrogen) atoms. The molecule has 1 aliphatic carbocycles. The van der Waals surface area contributed by atoms with Crippen molar-refractivity contribution in [2.75, 3.05) is 28.3 Å². The lowest BCUT2D eigenvalue weighted by molar-refractivity contribution is -0.237. The molecule has 0 aromatic rings. The van der Waals surface area contributed by atoms with E-state index in [1.165, 1.54) is 32.1 Å². The van der Waals surface area contributed by atoms with E-state index < -0.39 is 18.4 Å². The number of fused-ring (bicyclic) bond motifs is 3. The molecule has 4 heterocycles. The smallest absolute Gasteiger partial charge is 0.202 e. The topological polar surface area (TPSA) is 102 Å². The molecule has 1 saturated carbocycles. The molecule has 2 N–H and O–H groups in total. The number of hydrogen-bond acceptors (Lipinski definition) is 9. The van der Waals surface area contributed by atoms with Gasteiger partial charge in [0, 0.05) is 26.2 Å². The summed E-state index contributed by atoms with van der Waals surface area (Å²) in [7, 11) is 7.16. The average Bonchev–Trinajstić information content (AvgIpc) is 3.86. The van der Waals surface area contributed by atoms with Gasteiger partial charge in [0.15, 0.2) is 12.6 Å². The van der Waals surface area contributed by atoms with Gasteiger partial charge in [-0.05, 0) is 101 Å². The highest BCUT2D eigenvalue weighted by Gasteiger charge is 2.64. The van der Waals surface area contributed by atoms with Crippen LogP contribution in [0.3, 0.4) is 0 Å². The summed E-state index contributed by atoms with van der Waals surface area (Å²) in [4.78, 5) is 2.07. The first-order valence-electron chi connectivity index (χ1n) is 21.3. The van der Waals surface area contributed by atoms with Crippen LogP contribution in [0.2, 0.25) is 0 Å². The molecule has 9 heteroatoms. The Hall–Kier alpha value is -0.780. The molecule has 0 radical (unpaired) electrons. The van der Waals surface area contributed by atoms with Crippen LogP contribution in [0.15, 0.2) is 12.3 Å². The van der Waals surface area contributed by atoms with Crippen LogP contribution in [-0.4, -0.2) is 98.4 Å². The molecule has 0 aromatic heterocycles. The Morgan fingerprint density at radius 3 is 2.02 bits per heavy atom. The number of rotatable bonds is 6. The summed E-state index contributed by atoms with van der Waals surface area (Å²) in [6.45, 7) is 35.8. The minimum atomic E-state index is -0.804. The molecule has 9 nitrogen and oxygen atoms in total. The van der Waals surface area contributed by atoms with Crippen molar-refractivity contribution in [3.05, 3.63) is 12.3 Å². The van der Waals surface area contributed by atoms with Crippen LogP contribution in [0.1, 0.15) is 142 Å². The van der Waals surface area contributed by atoms with E-state index in [2.05, 4.69) is 66.9 Å². The van der Waals surface area contributed by atoms with E-state index in [0.29, 0.717) is 41.6 Å². The van der Waals surface area contributed by atoms with E-state index in [1.807, 2.05) is 55.6 Å². The molecule has 5 fully saturated rings. The van der Waals surface area contributed by atoms with Gasteiger partial charge in [0.1, 0.15) is 18.3 Å². The number of ether oxygens (including phenoxy) is 6. The molecule has 2 bridgehead atoms. The maximum Gasteiger partial charge on any atom is 0.202 e. The van der Waals surface area contributed by atoms with Crippen LogP contribution in [0.5, 0.6) is 0 Å². The first-order valence-corrected chi connectivity index (χ1v) is 21.3. The summed E-state index contributed by atoms with van der Waals surface area (Å²) in [5, 5.41) is 18.8. The van der Waals surface area contributed by atoms with E-state index in [0.717, 1.165) is 29.9 Å². The Balaban J connectivity index is 0.000000418. The van der Waals surface area contributed by atoms with Gasteiger partial charge in [-0.25, -0.2) is 0 Å². The monoisotopic (exact) mass is 758 g/mol. The van der Waals surface area contributed by atoms with Crippen molar-refractivity contribution in [3.8, 4) is 0 Å². The minimum Gasteiger partial charge on any atom is -0.495 e. The summed E-state index contributed by atoms with van der Waals surface area (Å²) < 4.78 is 32.7. The van der Waals surface area contributed by atoms with Crippen LogP contribution in [-0.2, 0) is 28.4 Å². The molecule has 0 aromatic carbocycles. The second-order valence-electron chi connectivity index (χ2n) is 17.1. The molecule has 5 aliphatic rings. The maximum absolute atomic E-state index is 9.58. The number of aliphatic hydroxyl groups is 2. The van der Waals surface area contributed by atoms with Gasteiger partial charge in [-0.1, -0.05) is 96.1 Å². The Kier molecular flexibility index (Phi) is 21.6. The summed E-state index contributed by atoms with van der Waals surface area (Å²) >= 11 is 0. The van der Waals surface area contributed by atoms with Gasteiger partial charge < -0.3 is 43.5 Å². The molecule has 4 saturated heterocycles. The molecule has 0 amide bonds. The molecule has 316 valence electrons. The number of methoxy groups -OCH3 is 2. The Morgan fingerprint density at radius 1 is 0.887 bits per heavy atom. The van der Waals surface area contributed by atoms with Crippen molar-refractivity contribution >= 4 is 0 Å². The van der Waals surface area contributed by atoms with Gasteiger partial charge in [-0.2, -0.15) is 0 Å². The maximum atomic E-state index is 9.58. The van der Waals surface area contributed by atoms with Gasteiger partial charge in [0.05, 0.1) is 24.4 Å². The lowest BCUT2D eigenvalue weighted by Gasteiger charge is -2.51. The van der Waals surface area contributed by atoms with Crippen LogP contribution < -0.4 is 0 Å². The van der Waals surface area contributed by atoms with Crippen LogP contribution in [0.4, 0.5) is 0 Å². The van der Waals surface area contributed by atoms with Crippen LogP contribution in [0.25, 0.3) is 0 Å². The summed E-state index contributed by atoms with van der Waals surface area (Å²) in [5.74, 6) is 5.27. The molecule has 15 unspecified atom stereocenters. The highest BCUT2D eigenvalue weighted by Crippen LogP contribution is 2.54. The zero-order chi connectivity index (χ0) is 41.0. The first kappa shape index (κ1) is 50.2. The van der Waals surface area contributed by atoms with Crippen molar-refractivity contribution in [1.82, 2.24) is 4.90 Å². The highest BCUT2D eigenvalue weighted by molar-refractivity contribution is 5.04. The molecular formula is C44H87NO8. The second kappa shape index (κ2) is 22.8. The largest absolute Gasteiger partial charge is 0.495 e. The lowest BCUT2D eigenvalue weighted by atomic mass is 9.56. The van der Waals surface area contributed by atoms with Crippen LogP contribution in [0, 0.1) is 46.8 Å². The fourth-order valence-electron chi connectivity index (χ4n) is 9.53. The number of epoxide rings is 1. The third-order valence-corrected chi connectivity index (χ3v) is 13.2. The molecule has 4 aliphatic heterocycles. The minimum absolute atomic E-state index is 0.0101. The van der Waals surface area contributed by atoms with E-state index >= 15 is 0 Å². The van der Waals surface area contributed by atoms with E-state index in [9.17, 15) is 10.2 Å². The third kappa shape index (κ3) is 13.1.